The summed E-state index contributed by atoms with van der Waals surface area (Å²) >= 11 is 0. The molecular formula is C18H23N5O. The molecule has 0 N–H and O–H groups in total. The number of para-hydroxylation sites is 1. The third kappa shape index (κ3) is 2.95. The Kier molecular flexibility index (Phi) is 4.08. The van der Waals surface area contributed by atoms with E-state index in [1.54, 1.807) is 6.20 Å². The number of hydrogen-bond acceptors (Lipinski definition) is 5. The molecule has 2 aliphatic rings. The molecule has 2 aliphatic heterocycles. The smallest absolute Gasteiger partial charge is 0.127 e. The van der Waals surface area contributed by atoms with Crippen LogP contribution in [0.3, 0.4) is 0 Å². The van der Waals surface area contributed by atoms with Crippen LogP contribution in [0.2, 0.25) is 0 Å². The van der Waals surface area contributed by atoms with Gasteiger partial charge >= 0.3 is 0 Å². The average molecular weight is 325 g/mol. The van der Waals surface area contributed by atoms with Crippen molar-refractivity contribution in [2.75, 3.05) is 40.3 Å². The minimum atomic E-state index is 0.333. The summed E-state index contributed by atoms with van der Waals surface area (Å²) in [4.78, 5) is 4.77. The van der Waals surface area contributed by atoms with E-state index in [4.69, 9.17) is 4.74 Å². The Labute approximate surface area is 142 Å². The lowest BCUT2D eigenvalue weighted by Crippen LogP contribution is -2.36. The first-order chi connectivity index (χ1) is 11.7. The number of hydrogen-bond donors (Lipinski definition) is 0. The van der Waals surface area contributed by atoms with Crippen molar-refractivity contribution in [3.63, 3.8) is 0 Å². The van der Waals surface area contributed by atoms with Crippen LogP contribution in [-0.2, 0) is 0 Å². The van der Waals surface area contributed by atoms with Crippen molar-refractivity contribution in [2.45, 2.75) is 12.1 Å². The van der Waals surface area contributed by atoms with Gasteiger partial charge in [-0.3, -0.25) is 4.90 Å². The van der Waals surface area contributed by atoms with Crippen LogP contribution < -0.4 is 4.74 Å². The lowest BCUT2D eigenvalue weighted by Gasteiger charge is -2.25. The van der Waals surface area contributed by atoms with Crippen LogP contribution in [-0.4, -0.2) is 71.2 Å². The van der Waals surface area contributed by atoms with E-state index in [1.165, 1.54) is 11.1 Å². The zero-order chi connectivity index (χ0) is 16.5. The zero-order valence-corrected chi connectivity index (χ0v) is 14.2. The first kappa shape index (κ1) is 15.4. The molecule has 0 amide bonds. The Bertz CT molecular complexity index is 725. The molecule has 0 radical (unpaired) electrons. The topological polar surface area (TPSA) is 46.4 Å². The first-order valence-corrected chi connectivity index (χ1v) is 8.36. The summed E-state index contributed by atoms with van der Waals surface area (Å²) in [5.41, 5.74) is 2.50. The number of likely N-dealkylation sites (N-methyl/N-ethyl adjacent to an activating group) is 1. The third-order valence-corrected chi connectivity index (χ3v) is 4.90. The monoisotopic (exact) mass is 325 g/mol. The van der Waals surface area contributed by atoms with Gasteiger partial charge < -0.3 is 9.64 Å². The molecule has 2 atom stereocenters. The number of benzene rings is 1. The van der Waals surface area contributed by atoms with Crippen LogP contribution in [0.4, 0.5) is 0 Å². The molecule has 1 aromatic carbocycles. The second kappa shape index (κ2) is 6.37. The van der Waals surface area contributed by atoms with E-state index in [9.17, 15) is 0 Å². The second-order valence-electron chi connectivity index (χ2n) is 6.80. The van der Waals surface area contributed by atoms with E-state index >= 15 is 0 Å². The molecule has 6 heteroatoms. The van der Waals surface area contributed by atoms with E-state index in [2.05, 4.69) is 52.4 Å². The maximum absolute atomic E-state index is 5.89. The molecule has 3 heterocycles. The van der Waals surface area contributed by atoms with Gasteiger partial charge in [0.25, 0.3) is 0 Å². The molecule has 0 spiro atoms. The summed E-state index contributed by atoms with van der Waals surface area (Å²) in [6.45, 7) is 3.61. The van der Waals surface area contributed by atoms with Crippen LogP contribution in [0.25, 0.3) is 6.08 Å². The van der Waals surface area contributed by atoms with Gasteiger partial charge in [0.15, 0.2) is 0 Å². The van der Waals surface area contributed by atoms with E-state index < -0.39 is 0 Å². The van der Waals surface area contributed by atoms with E-state index in [1.807, 2.05) is 23.0 Å². The first-order valence-electron chi connectivity index (χ1n) is 8.36. The maximum atomic E-state index is 5.89. The Hall–Kier alpha value is -2.18. The van der Waals surface area contributed by atoms with Crippen LogP contribution in [0.1, 0.15) is 11.6 Å². The Morgan fingerprint density at radius 1 is 1.25 bits per heavy atom. The fraction of sp³-hybridized carbons (Fsp3) is 0.444. The summed E-state index contributed by atoms with van der Waals surface area (Å²) in [7, 11) is 4.27. The highest BCUT2D eigenvalue weighted by Crippen LogP contribution is 2.29. The fourth-order valence-electron chi connectivity index (χ4n) is 3.68. The predicted octanol–water partition coefficient (Wildman–Crippen LogP) is 1.54. The number of likely N-dealkylation sites (tertiary alicyclic amines) is 1. The molecule has 1 saturated heterocycles. The molecule has 6 nitrogen and oxygen atoms in total. The lowest BCUT2D eigenvalue weighted by molar-refractivity contribution is 0.238. The van der Waals surface area contributed by atoms with Crippen LogP contribution in [0.15, 0.2) is 42.2 Å². The average Bonchev–Trinajstić information content (AvgIpc) is 3.24. The maximum Gasteiger partial charge on any atom is 0.127 e. The molecule has 24 heavy (non-hydrogen) atoms. The number of ether oxygens (including phenoxy) is 1. The molecule has 0 aliphatic carbocycles. The van der Waals surface area contributed by atoms with Gasteiger partial charge in [0.05, 0.1) is 12.2 Å². The highest BCUT2D eigenvalue weighted by molar-refractivity contribution is 5.62. The van der Waals surface area contributed by atoms with Gasteiger partial charge in [0, 0.05) is 37.4 Å². The Balaban J connectivity index is 1.49. The Morgan fingerprint density at radius 3 is 2.92 bits per heavy atom. The highest BCUT2D eigenvalue weighted by atomic mass is 16.5. The van der Waals surface area contributed by atoms with Gasteiger partial charge in [0.2, 0.25) is 0 Å². The summed E-state index contributed by atoms with van der Waals surface area (Å²) in [6, 6.07) is 8.98. The minimum absolute atomic E-state index is 0.333. The minimum Gasteiger partial charge on any atom is -0.489 e. The number of fused-ring (bicyclic) bond motifs is 1. The third-order valence-electron chi connectivity index (χ3n) is 4.90. The SMILES string of the molecule is CN(C)[C@@H]1CN(CC2=Cc3ccccc3OC2)C[C@@H]1n1ccnn1. The summed E-state index contributed by atoms with van der Waals surface area (Å²) in [5, 5.41) is 8.19. The van der Waals surface area contributed by atoms with Crippen molar-refractivity contribution < 1.29 is 4.74 Å². The van der Waals surface area contributed by atoms with Crippen molar-refractivity contribution in [1.29, 1.82) is 0 Å². The normalized spacial score (nSPS) is 23.9. The largest absolute Gasteiger partial charge is 0.489 e. The molecular weight excluding hydrogens is 302 g/mol. The van der Waals surface area contributed by atoms with Crippen LogP contribution in [0.5, 0.6) is 5.75 Å². The molecule has 0 bridgehead atoms. The summed E-state index contributed by atoms with van der Waals surface area (Å²) in [6.07, 6.45) is 5.99. The van der Waals surface area contributed by atoms with Crippen molar-refractivity contribution in [3.8, 4) is 5.75 Å². The van der Waals surface area contributed by atoms with Crippen LogP contribution in [0, 0.1) is 0 Å². The molecule has 1 fully saturated rings. The standard InChI is InChI=1S/C18H23N5O/c1-21(2)16-11-22(12-17(16)23-8-7-19-20-23)10-14-9-15-5-3-4-6-18(15)24-13-14/h3-9,16-17H,10-13H2,1-2H3/t16-,17+/m1/s1. The van der Waals surface area contributed by atoms with Gasteiger partial charge in [-0.1, -0.05) is 23.4 Å². The van der Waals surface area contributed by atoms with Gasteiger partial charge in [0.1, 0.15) is 12.4 Å². The van der Waals surface area contributed by atoms with Gasteiger partial charge in [-0.25, -0.2) is 4.68 Å². The molecule has 0 unspecified atom stereocenters. The number of aromatic nitrogens is 3. The Morgan fingerprint density at radius 2 is 2.12 bits per heavy atom. The van der Waals surface area contributed by atoms with Crippen molar-refractivity contribution >= 4 is 6.08 Å². The van der Waals surface area contributed by atoms with E-state index in [0.717, 1.165) is 25.4 Å². The van der Waals surface area contributed by atoms with E-state index in [-0.39, 0.29) is 0 Å². The van der Waals surface area contributed by atoms with Gasteiger partial charge in [-0.2, -0.15) is 0 Å². The van der Waals surface area contributed by atoms with E-state index in [0.29, 0.717) is 18.7 Å². The number of nitrogens with zero attached hydrogens (tertiary/aromatic N) is 5. The molecule has 2 aromatic rings. The zero-order valence-electron chi connectivity index (χ0n) is 14.2. The number of rotatable bonds is 4. The molecule has 0 saturated carbocycles. The molecule has 1 aromatic heterocycles. The van der Waals surface area contributed by atoms with Crippen molar-refractivity contribution in [2.24, 2.45) is 0 Å². The highest BCUT2D eigenvalue weighted by Gasteiger charge is 2.36. The molecule has 126 valence electrons. The fourth-order valence-corrected chi connectivity index (χ4v) is 3.68. The lowest BCUT2D eigenvalue weighted by atomic mass is 10.1. The second-order valence-corrected chi connectivity index (χ2v) is 6.80. The van der Waals surface area contributed by atoms with Gasteiger partial charge in [-0.15, -0.1) is 5.10 Å². The summed E-state index contributed by atoms with van der Waals surface area (Å²) < 4.78 is 7.88. The van der Waals surface area contributed by atoms with Crippen molar-refractivity contribution in [3.05, 3.63) is 47.8 Å². The van der Waals surface area contributed by atoms with Crippen LogP contribution >= 0.6 is 0 Å². The predicted molar refractivity (Wildman–Crippen MR) is 92.9 cm³/mol. The van der Waals surface area contributed by atoms with Crippen molar-refractivity contribution in [1.82, 2.24) is 24.8 Å². The quantitative estimate of drug-likeness (QED) is 0.853. The summed E-state index contributed by atoms with van der Waals surface area (Å²) in [5.74, 6) is 0.981. The molecule has 4 rings (SSSR count). The van der Waals surface area contributed by atoms with Gasteiger partial charge in [-0.05, 0) is 31.8 Å².